The Labute approximate surface area is 158 Å². The SMILES string of the molecule is CC1(C(=O)NCCN2CCOCC2)COCc2nnc(-c3ccccc3)n21. The Bertz CT molecular complexity index is 788. The van der Waals surface area contributed by atoms with E-state index in [-0.39, 0.29) is 5.91 Å². The first-order valence-electron chi connectivity index (χ1n) is 9.35. The quantitative estimate of drug-likeness (QED) is 0.831. The summed E-state index contributed by atoms with van der Waals surface area (Å²) in [5.41, 5.74) is 0.0540. The highest BCUT2D eigenvalue weighted by Crippen LogP contribution is 2.30. The zero-order valence-corrected chi connectivity index (χ0v) is 15.6. The average Bonchev–Trinajstić information content (AvgIpc) is 3.15. The van der Waals surface area contributed by atoms with E-state index in [1.807, 2.05) is 41.8 Å². The molecule has 8 heteroatoms. The molecule has 0 radical (unpaired) electrons. The molecule has 1 fully saturated rings. The molecule has 2 aliphatic heterocycles. The number of aromatic nitrogens is 3. The van der Waals surface area contributed by atoms with Crippen LogP contribution in [-0.2, 0) is 26.4 Å². The number of carbonyl (C=O) groups is 1. The zero-order chi connectivity index (χ0) is 18.7. The number of rotatable bonds is 5. The maximum absolute atomic E-state index is 13.1. The Morgan fingerprint density at radius 3 is 2.74 bits per heavy atom. The number of nitrogens with one attached hydrogen (secondary N) is 1. The maximum Gasteiger partial charge on any atom is 0.248 e. The van der Waals surface area contributed by atoms with Crippen LogP contribution in [0.4, 0.5) is 0 Å². The van der Waals surface area contributed by atoms with E-state index in [9.17, 15) is 4.79 Å². The fourth-order valence-electron chi connectivity index (χ4n) is 3.62. The molecule has 2 aromatic rings. The molecule has 1 atom stereocenters. The first-order valence-corrected chi connectivity index (χ1v) is 9.35. The summed E-state index contributed by atoms with van der Waals surface area (Å²) < 4.78 is 13.0. The van der Waals surface area contributed by atoms with Crippen molar-refractivity contribution in [3.8, 4) is 11.4 Å². The second-order valence-electron chi connectivity index (χ2n) is 7.12. The summed E-state index contributed by atoms with van der Waals surface area (Å²) in [6.45, 7) is 7.26. The van der Waals surface area contributed by atoms with Gasteiger partial charge in [-0.1, -0.05) is 30.3 Å². The van der Waals surface area contributed by atoms with Gasteiger partial charge < -0.3 is 14.8 Å². The van der Waals surface area contributed by atoms with Crippen LogP contribution in [0.25, 0.3) is 11.4 Å². The molecule has 0 aliphatic carbocycles. The number of carbonyl (C=O) groups excluding carboxylic acids is 1. The minimum atomic E-state index is -0.882. The van der Waals surface area contributed by atoms with E-state index in [0.29, 0.717) is 31.4 Å². The van der Waals surface area contributed by atoms with E-state index < -0.39 is 5.54 Å². The third-order valence-corrected chi connectivity index (χ3v) is 5.18. The highest BCUT2D eigenvalue weighted by Gasteiger charge is 2.42. The normalized spacial score (nSPS) is 23.0. The topological polar surface area (TPSA) is 81.5 Å². The number of nitrogens with zero attached hydrogens (tertiary/aromatic N) is 4. The lowest BCUT2D eigenvalue weighted by molar-refractivity contribution is -0.135. The van der Waals surface area contributed by atoms with Crippen molar-refractivity contribution in [3.63, 3.8) is 0 Å². The fourth-order valence-corrected chi connectivity index (χ4v) is 3.62. The molecule has 0 bridgehead atoms. The largest absolute Gasteiger partial charge is 0.379 e. The number of hydrogen-bond donors (Lipinski definition) is 1. The summed E-state index contributed by atoms with van der Waals surface area (Å²) in [5, 5.41) is 11.7. The van der Waals surface area contributed by atoms with Gasteiger partial charge in [0.25, 0.3) is 0 Å². The van der Waals surface area contributed by atoms with Gasteiger partial charge in [-0.2, -0.15) is 0 Å². The molecular weight excluding hydrogens is 346 g/mol. The lowest BCUT2D eigenvalue weighted by Crippen LogP contribution is -2.54. The van der Waals surface area contributed by atoms with Crippen molar-refractivity contribution in [2.45, 2.75) is 19.1 Å². The molecule has 1 N–H and O–H groups in total. The average molecular weight is 371 g/mol. The third kappa shape index (κ3) is 3.60. The number of morpholine rings is 1. The van der Waals surface area contributed by atoms with Gasteiger partial charge in [-0.15, -0.1) is 10.2 Å². The van der Waals surface area contributed by atoms with Crippen LogP contribution < -0.4 is 5.32 Å². The highest BCUT2D eigenvalue weighted by molar-refractivity contribution is 5.85. The Hall–Kier alpha value is -2.29. The molecule has 1 aromatic carbocycles. The van der Waals surface area contributed by atoms with Crippen LogP contribution in [0.2, 0.25) is 0 Å². The van der Waals surface area contributed by atoms with E-state index in [4.69, 9.17) is 9.47 Å². The van der Waals surface area contributed by atoms with Gasteiger partial charge in [0.05, 0.1) is 19.8 Å². The molecule has 1 unspecified atom stereocenters. The van der Waals surface area contributed by atoms with Crippen molar-refractivity contribution >= 4 is 5.91 Å². The van der Waals surface area contributed by atoms with Gasteiger partial charge in [0.1, 0.15) is 12.1 Å². The van der Waals surface area contributed by atoms with Gasteiger partial charge in [-0.25, -0.2) is 0 Å². The van der Waals surface area contributed by atoms with Crippen LogP contribution in [0.1, 0.15) is 12.7 Å². The van der Waals surface area contributed by atoms with Gasteiger partial charge in [-0.05, 0) is 6.92 Å². The lowest BCUT2D eigenvalue weighted by atomic mass is 9.99. The standard InChI is InChI=1S/C19H25N5O3/c1-19(18(25)20-7-8-23-9-11-26-12-10-23)14-27-13-16-21-22-17(24(16)19)15-5-3-2-4-6-15/h2-6H,7-14H2,1H3,(H,20,25). The lowest BCUT2D eigenvalue weighted by Gasteiger charge is -2.35. The second kappa shape index (κ2) is 7.75. The minimum Gasteiger partial charge on any atom is -0.379 e. The summed E-state index contributed by atoms with van der Waals surface area (Å²) in [6.07, 6.45) is 0. The van der Waals surface area contributed by atoms with Gasteiger partial charge in [-0.3, -0.25) is 14.3 Å². The Kier molecular flexibility index (Phi) is 5.20. The number of hydrogen-bond acceptors (Lipinski definition) is 6. The van der Waals surface area contributed by atoms with Crippen LogP contribution in [0.5, 0.6) is 0 Å². The summed E-state index contributed by atoms with van der Waals surface area (Å²) in [4.78, 5) is 15.4. The Morgan fingerprint density at radius 1 is 1.19 bits per heavy atom. The number of benzene rings is 1. The molecule has 1 amide bonds. The van der Waals surface area contributed by atoms with Crippen molar-refractivity contribution in [3.05, 3.63) is 36.2 Å². The molecule has 0 saturated carbocycles. The maximum atomic E-state index is 13.1. The summed E-state index contributed by atoms with van der Waals surface area (Å²) in [6, 6.07) is 9.82. The number of ether oxygens (including phenoxy) is 2. The summed E-state index contributed by atoms with van der Waals surface area (Å²) >= 11 is 0. The first-order chi connectivity index (χ1) is 13.2. The van der Waals surface area contributed by atoms with E-state index in [0.717, 1.165) is 38.4 Å². The van der Waals surface area contributed by atoms with E-state index in [2.05, 4.69) is 20.4 Å². The van der Waals surface area contributed by atoms with Crippen molar-refractivity contribution in [1.82, 2.24) is 25.0 Å². The third-order valence-electron chi connectivity index (χ3n) is 5.18. The molecule has 2 aliphatic rings. The number of fused-ring (bicyclic) bond motifs is 1. The molecule has 4 rings (SSSR count). The molecular formula is C19H25N5O3. The molecule has 0 spiro atoms. The fraction of sp³-hybridized carbons (Fsp3) is 0.526. The van der Waals surface area contributed by atoms with E-state index in [1.165, 1.54) is 0 Å². The second-order valence-corrected chi connectivity index (χ2v) is 7.12. The smallest absolute Gasteiger partial charge is 0.248 e. The molecule has 8 nitrogen and oxygen atoms in total. The monoisotopic (exact) mass is 371 g/mol. The van der Waals surface area contributed by atoms with Crippen LogP contribution in [0, 0.1) is 0 Å². The Morgan fingerprint density at radius 2 is 1.96 bits per heavy atom. The van der Waals surface area contributed by atoms with Gasteiger partial charge in [0, 0.05) is 31.7 Å². The summed E-state index contributed by atoms with van der Waals surface area (Å²) in [5.74, 6) is 1.29. The number of amides is 1. The highest BCUT2D eigenvalue weighted by atomic mass is 16.5. The van der Waals surface area contributed by atoms with Crippen molar-refractivity contribution in [2.24, 2.45) is 0 Å². The van der Waals surface area contributed by atoms with Crippen LogP contribution in [0.15, 0.2) is 30.3 Å². The molecule has 1 saturated heterocycles. The van der Waals surface area contributed by atoms with Gasteiger partial charge >= 0.3 is 0 Å². The first kappa shape index (κ1) is 18.1. The van der Waals surface area contributed by atoms with Gasteiger partial charge in [0.2, 0.25) is 5.91 Å². The molecule has 144 valence electrons. The Balaban J connectivity index is 1.51. The predicted octanol–water partition coefficient (Wildman–Crippen LogP) is 0.639. The van der Waals surface area contributed by atoms with Crippen molar-refractivity contribution in [2.75, 3.05) is 46.0 Å². The van der Waals surface area contributed by atoms with Crippen LogP contribution in [-0.4, -0.2) is 71.6 Å². The van der Waals surface area contributed by atoms with E-state index in [1.54, 1.807) is 0 Å². The van der Waals surface area contributed by atoms with Gasteiger partial charge in [0.15, 0.2) is 11.6 Å². The van der Waals surface area contributed by atoms with E-state index >= 15 is 0 Å². The van der Waals surface area contributed by atoms with Crippen LogP contribution in [0.3, 0.4) is 0 Å². The molecule has 1 aromatic heterocycles. The zero-order valence-electron chi connectivity index (χ0n) is 15.6. The van der Waals surface area contributed by atoms with Crippen LogP contribution >= 0.6 is 0 Å². The predicted molar refractivity (Wildman–Crippen MR) is 99.0 cm³/mol. The molecule has 27 heavy (non-hydrogen) atoms. The summed E-state index contributed by atoms with van der Waals surface area (Å²) in [7, 11) is 0. The van der Waals surface area contributed by atoms with Crippen molar-refractivity contribution < 1.29 is 14.3 Å². The minimum absolute atomic E-state index is 0.0753. The molecule has 3 heterocycles. The van der Waals surface area contributed by atoms with Crippen molar-refractivity contribution in [1.29, 1.82) is 0 Å².